The van der Waals surface area contributed by atoms with Crippen LogP contribution in [0.4, 0.5) is 5.69 Å². The summed E-state index contributed by atoms with van der Waals surface area (Å²) in [5, 5.41) is 2.82. The van der Waals surface area contributed by atoms with E-state index in [0.717, 1.165) is 16.5 Å². The van der Waals surface area contributed by atoms with Crippen LogP contribution in [0.2, 0.25) is 0 Å². The highest BCUT2D eigenvalue weighted by Gasteiger charge is 2.11. The summed E-state index contributed by atoms with van der Waals surface area (Å²) in [6.07, 6.45) is 4.34. The lowest BCUT2D eigenvalue weighted by Gasteiger charge is -2.08. The van der Waals surface area contributed by atoms with Gasteiger partial charge in [-0.15, -0.1) is 0 Å². The minimum Gasteiger partial charge on any atom is -0.484 e. The zero-order valence-electron chi connectivity index (χ0n) is 15.7. The van der Waals surface area contributed by atoms with Gasteiger partial charge < -0.3 is 14.5 Å². The van der Waals surface area contributed by atoms with Crippen molar-refractivity contribution in [1.29, 1.82) is 0 Å². The highest BCUT2D eigenvalue weighted by atomic mass is 79.9. The van der Waals surface area contributed by atoms with E-state index in [9.17, 15) is 4.79 Å². The molecule has 0 aliphatic heterocycles. The predicted octanol–water partition coefficient (Wildman–Crippen LogP) is 5.23. The molecule has 4 rings (SSSR count). The fourth-order valence-corrected chi connectivity index (χ4v) is 3.19. The molecule has 0 unspecified atom stereocenters. The lowest BCUT2D eigenvalue weighted by atomic mass is 10.2. The molecular formula is C22H18BrN3O3. The number of amides is 1. The first-order valence-corrected chi connectivity index (χ1v) is 9.93. The first-order valence-electron chi connectivity index (χ1n) is 9.14. The standard InChI is InChI=1S/C22H18BrN3O3/c1-2-14-3-6-18(7-4-14)28-13-21(27)25-17-5-8-20-19(10-17)26-22(29-20)15-9-16(23)12-24-11-15/h3-12H,2,13H2,1H3,(H,25,27). The van der Waals surface area contributed by atoms with Crippen LogP contribution in [-0.2, 0) is 11.2 Å². The average Bonchev–Trinajstić information content (AvgIpc) is 3.16. The van der Waals surface area contributed by atoms with Crippen LogP contribution in [0.15, 0.2) is 69.8 Å². The zero-order chi connectivity index (χ0) is 20.2. The van der Waals surface area contributed by atoms with Crippen molar-refractivity contribution in [3.05, 3.63) is 71.0 Å². The molecule has 6 nitrogen and oxygen atoms in total. The fraction of sp³-hybridized carbons (Fsp3) is 0.136. The molecule has 7 heteroatoms. The Labute approximate surface area is 176 Å². The number of carbonyl (C=O) groups excluding carboxylic acids is 1. The minimum absolute atomic E-state index is 0.0721. The second kappa shape index (κ2) is 8.45. The van der Waals surface area contributed by atoms with Gasteiger partial charge in [-0.05, 0) is 64.3 Å². The lowest BCUT2D eigenvalue weighted by Crippen LogP contribution is -2.20. The Hall–Kier alpha value is -3.19. The van der Waals surface area contributed by atoms with Crippen molar-refractivity contribution in [1.82, 2.24) is 9.97 Å². The highest BCUT2D eigenvalue weighted by Crippen LogP contribution is 2.27. The summed E-state index contributed by atoms with van der Waals surface area (Å²) >= 11 is 3.39. The number of carbonyl (C=O) groups is 1. The monoisotopic (exact) mass is 451 g/mol. The summed E-state index contributed by atoms with van der Waals surface area (Å²) < 4.78 is 12.2. The van der Waals surface area contributed by atoms with Gasteiger partial charge in [-0.3, -0.25) is 9.78 Å². The van der Waals surface area contributed by atoms with Gasteiger partial charge in [-0.1, -0.05) is 19.1 Å². The molecule has 0 radical (unpaired) electrons. The Morgan fingerprint density at radius 3 is 2.72 bits per heavy atom. The molecular weight excluding hydrogens is 434 g/mol. The number of nitrogens with one attached hydrogen (secondary N) is 1. The second-order valence-electron chi connectivity index (χ2n) is 6.43. The third-order valence-corrected chi connectivity index (χ3v) is 4.76. The molecule has 2 heterocycles. The Balaban J connectivity index is 1.43. The maximum absolute atomic E-state index is 12.2. The molecule has 4 aromatic rings. The molecule has 2 aromatic heterocycles. The van der Waals surface area contributed by atoms with Crippen molar-refractivity contribution in [3.63, 3.8) is 0 Å². The number of ether oxygens (including phenoxy) is 1. The topological polar surface area (TPSA) is 77.2 Å². The van der Waals surface area contributed by atoms with E-state index in [0.29, 0.717) is 28.4 Å². The highest BCUT2D eigenvalue weighted by molar-refractivity contribution is 9.10. The third kappa shape index (κ3) is 4.63. The molecule has 0 saturated carbocycles. The number of aromatic nitrogens is 2. The molecule has 0 atom stereocenters. The largest absolute Gasteiger partial charge is 0.484 e. The molecule has 0 fully saturated rings. The van der Waals surface area contributed by atoms with Gasteiger partial charge in [-0.25, -0.2) is 4.98 Å². The van der Waals surface area contributed by atoms with Gasteiger partial charge in [0.15, 0.2) is 12.2 Å². The van der Waals surface area contributed by atoms with Crippen LogP contribution >= 0.6 is 15.9 Å². The SMILES string of the molecule is CCc1ccc(OCC(=O)Nc2ccc3oc(-c4cncc(Br)c4)nc3c2)cc1. The van der Waals surface area contributed by atoms with Crippen LogP contribution < -0.4 is 10.1 Å². The quantitative estimate of drug-likeness (QED) is 0.434. The van der Waals surface area contributed by atoms with Gasteiger partial charge in [0.1, 0.15) is 11.3 Å². The van der Waals surface area contributed by atoms with Crippen LogP contribution in [0.5, 0.6) is 5.75 Å². The number of oxazole rings is 1. The average molecular weight is 452 g/mol. The number of nitrogens with zero attached hydrogens (tertiary/aromatic N) is 2. The van der Waals surface area contributed by atoms with Gasteiger partial charge in [-0.2, -0.15) is 0 Å². The van der Waals surface area contributed by atoms with Gasteiger partial charge in [0.2, 0.25) is 5.89 Å². The van der Waals surface area contributed by atoms with Crippen LogP contribution in [0.3, 0.4) is 0 Å². The summed E-state index contributed by atoms with van der Waals surface area (Å²) in [4.78, 5) is 20.8. The number of hydrogen-bond acceptors (Lipinski definition) is 5. The number of rotatable bonds is 6. The van der Waals surface area contributed by atoms with Crippen LogP contribution in [-0.4, -0.2) is 22.5 Å². The smallest absolute Gasteiger partial charge is 0.262 e. The summed E-state index contributed by atoms with van der Waals surface area (Å²) in [6.45, 7) is 2.02. The van der Waals surface area contributed by atoms with Crippen LogP contribution in [0.1, 0.15) is 12.5 Å². The normalized spacial score (nSPS) is 10.8. The Morgan fingerprint density at radius 1 is 1.14 bits per heavy atom. The fourth-order valence-electron chi connectivity index (χ4n) is 2.82. The molecule has 0 aliphatic carbocycles. The molecule has 0 saturated heterocycles. The van der Waals surface area contributed by atoms with Crippen molar-refractivity contribution in [2.75, 3.05) is 11.9 Å². The predicted molar refractivity (Wildman–Crippen MR) is 115 cm³/mol. The maximum Gasteiger partial charge on any atom is 0.262 e. The zero-order valence-corrected chi connectivity index (χ0v) is 17.3. The Bertz CT molecular complexity index is 1160. The van der Waals surface area contributed by atoms with Crippen molar-refractivity contribution in [2.45, 2.75) is 13.3 Å². The van der Waals surface area contributed by atoms with Gasteiger partial charge in [0.05, 0.1) is 5.56 Å². The van der Waals surface area contributed by atoms with Gasteiger partial charge in [0, 0.05) is 22.6 Å². The van der Waals surface area contributed by atoms with Crippen molar-refractivity contribution in [2.24, 2.45) is 0 Å². The van der Waals surface area contributed by atoms with Gasteiger partial charge in [0.25, 0.3) is 5.91 Å². The Kier molecular flexibility index (Phi) is 5.57. The van der Waals surface area contributed by atoms with Crippen molar-refractivity contribution < 1.29 is 13.9 Å². The van der Waals surface area contributed by atoms with Crippen LogP contribution in [0, 0.1) is 0 Å². The van der Waals surface area contributed by atoms with E-state index >= 15 is 0 Å². The summed E-state index contributed by atoms with van der Waals surface area (Å²) in [5.41, 5.74) is 3.89. The number of pyridine rings is 1. The molecule has 1 amide bonds. The van der Waals surface area contributed by atoms with E-state index in [4.69, 9.17) is 9.15 Å². The van der Waals surface area contributed by atoms with E-state index in [2.05, 4.69) is 38.1 Å². The van der Waals surface area contributed by atoms with E-state index in [-0.39, 0.29) is 12.5 Å². The Morgan fingerprint density at radius 2 is 1.97 bits per heavy atom. The lowest BCUT2D eigenvalue weighted by molar-refractivity contribution is -0.118. The number of hydrogen-bond donors (Lipinski definition) is 1. The summed E-state index contributed by atoms with van der Waals surface area (Å²) in [6, 6.07) is 14.9. The van der Waals surface area contributed by atoms with Crippen molar-refractivity contribution in [3.8, 4) is 17.2 Å². The first-order chi connectivity index (χ1) is 14.1. The maximum atomic E-state index is 12.2. The number of anilines is 1. The molecule has 146 valence electrons. The molecule has 0 spiro atoms. The molecule has 0 aliphatic rings. The third-order valence-electron chi connectivity index (χ3n) is 4.32. The second-order valence-corrected chi connectivity index (χ2v) is 7.34. The van der Waals surface area contributed by atoms with E-state index in [1.54, 1.807) is 30.6 Å². The van der Waals surface area contributed by atoms with E-state index in [1.165, 1.54) is 5.56 Å². The van der Waals surface area contributed by atoms with Crippen molar-refractivity contribution >= 4 is 38.6 Å². The summed E-state index contributed by atoms with van der Waals surface area (Å²) in [5.74, 6) is 0.886. The molecule has 0 bridgehead atoms. The van der Waals surface area contributed by atoms with E-state index < -0.39 is 0 Å². The minimum atomic E-state index is -0.246. The number of fused-ring (bicyclic) bond motifs is 1. The molecule has 2 aromatic carbocycles. The number of aryl methyl sites for hydroxylation is 1. The summed E-state index contributed by atoms with van der Waals surface area (Å²) in [7, 11) is 0. The first kappa shape index (κ1) is 19.1. The number of halogens is 1. The number of benzene rings is 2. The molecule has 29 heavy (non-hydrogen) atoms. The van der Waals surface area contributed by atoms with Crippen LogP contribution in [0.25, 0.3) is 22.6 Å². The van der Waals surface area contributed by atoms with E-state index in [1.807, 2.05) is 30.3 Å². The molecule has 1 N–H and O–H groups in total. The van der Waals surface area contributed by atoms with Gasteiger partial charge >= 0.3 is 0 Å².